The number of benzene rings is 1. The van der Waals surface area contributed by atoms with Crippen molar-refractivity contribution in [3.63, 3.8) is 0 Å². The number of amides is 2. The first-order valence-electron chi connectivity index (χ1n) is 10.5. The molecule has 3 fully saturated rings. The molecule has 0 radical (unpaired) electrons. The van der Waals surface area contributed by atoms with Gasteiger partial charge in [-0.05, 0) is 44.9 Å². The molecule has 0 unspecified atom stereocenters. The smallest absolute Gasteiger partial charge is 0.254 e. The maximum Gasteiger partial charge on any atom is 0.254 e. The summed E-state index contributed by atoms with van der Waals surface area (Å²) in [5, 5.41) is 0. The summed E-state index contributed by atoms with van der Waals surface area (Å²) in [7, 11) is 1.40. The van der Waals surface area contributed by atoms with E-state index in [1.165, 1.54) is 19.2 Å². The third-order valence-electron chi connectivity index (χ3n) is 6.87. The van der Waals surface area contributed by atoms with E-state index in [1.807, 2.05) is 4.90 Å². The van der Waals surface area contributed by atoms with Gasteiger partial charge in [0.2, 0.25) is 5.91 Å². The molecule has 1 aromatic carbocycles. The summed E-state index contributed by atoms with van der Waals surface area (Å²) in [6.45, 7) is 8.37. The predicted molar refractivity (Wildman–Crippen MR) is 107 cm³/mol. The van der Waals surface area contributed by atoms with Crippen LogP contribution in [0.4, 0.5) is 4.39 Å². The van der Waals surface area contributed by atoms with Gasteiger partial charge in [-0.2, -0.15) is 0 Å². The third kappa shape index (κ3) is 3.39. The van der Waals surface area contributed by atoms with Gasteiger partial charge >= 0.3 is 0 Å². The third-order valence-corrected chi connectivity index (χ3v) is 6.87. The van der Waals surface area contributed by atoms with E-state index in [9.17, 15) is 14.0 Å². The first-order chi connectivity index (χ1) is 13.9. The standard InChI is InChI=1S/C22H30FN3O3/c1-15(2)25-11-17-12-26(20(27)16-6-7-19(29-3)18(23)10-16)14-22(17,13-25)21(28)24-8-4-5-9-24/h6-7,10,15,17H,4-5,8-9,11-14H2,1-3H3/t17-,22-/m0/s1. The maximum absolute atomic E-state index is 14.1. The lowest BCUT2D eigenvalue weighted by atomic mass is 9.79. The van der Waals surface area contributed by atoms with Gasteiger partial charge in [-0.1, -0.05) is 0 Å². The molecule has 29 heavy (non-hydrogen) atoms. The molecule has 0 aliphatic carbocycles. The van der Waals surface area contributed by atoms with Crippen LogP contribution in [0.25, 0.3) is 0 Å². The Bertz CT molecular complexity index is 808. The van der Waals surface area contributed by atoms with Crippen molar-refractivity contribution in [2.75, 3.05) is 46.4 Å². The second kappa shape index (κ2) is 7.59. The average Bonchev–Trinajstić information content (AvgIpc) is 3.41. The molecule has 0 N–H and O–H groups in total. The number of fused-ring (bicyclic) bond motifs is 1. The molecule has 0 saturated carbocycles. The normalized spacial score (nSPS) is 27.0. The summed E-state index contributed by atoms with van der Waals surface area (Å²) in [5.74, 6) is -0.338. The lowest BCUT2D eigenvalue weighted by Gasteiger charge is -2.33. The van der Waals surface area contributed by atoms with Crippen molar-refractivity contribution < 1.29 is 18.7 Å². The van der Waals surface area contributed by atoms with E-state index in [-0.39, 0.29) is 23.5 Å². The fraction of sp³-hybridized carbons (Fsp3) is 0.636. The molecule has 3 aliphatic heterocycles. The van der Waals surface area contributed by atoms with Crippen LogP contribution in [-0.2, 0) is 4.79 Å². The maximum atomic E-state index is 14.1. The van der Waals surface area contributed by atoms with Crippen LogP contribution >= 0.6 is 0 Å². The molecule has 0 bridgehead atoms. The number of nitrogens with zero attached hydrogens (tertiary/aromatic N) is 3. The van der Waals surface area contributed by atoms with E-state index < -0.39 is 11.2 Å². The molecule has 2 amide bonds. The summed E-state index contributed by atoms with van der Waals surface area (Å²) in [5.41, 5.74) is -0.247. The van der Waals surface area contributed by atoms with Crippen molar-refractivity contribution in [2.24, 2.45) is 11.3 Å². The van der Waals surface area contributed by atoms with E-state index in [0.717, 1.165) is 32.5 Å². The summed E-state index contributed by atoms with van der Waals surface area (Å²) >= 11 is 0. The summed E-state index contributed by atoms with van der Waals surface area (Å²) in [6, 6.07) is 4.66. The van der Waals surface area contributed by atoms with Crippen LogP contribution in [0.5, 0.6) is 5.75 Å². The minimum Gasteiger partial charge on any atom is -0.494 e. The van der Waals surface area contributed by atoms with Gasteiger partial charge in [0, 0.05) is 56.8 Å². The first-order valence-corrected chi connectivity index (χ1v) is 10.5. The van der Waals surface area contributed by atoms with E-state index in [1.54, 1.807) is 11.0 Å². The first kappa shape index (κ1) is 20.1. The second-order valence-electron chi connectivity index (χ2n) is 8.91. The highest BCUT2D eigenvalue weighted by atomic mass is 19.1. The Kier molecular flexibility index (Phi) is 5.27. The van der Waals surface area contributed by atoms with Gasteiger partial charge in [0.15, 0.2) is 11.6 Å². The van der Waals surface area contributed by atoms with Crippen molar-refractivity contribution in [3.05, 3.63) is 29.6 Å². The Morgan fingerprint density at radius 2 is 1.86 bits per heavy atom. The number of hydrogen-bond donors (Lipinski definition) is 0. The Balaban J connectivity index is 1.58. The number of rotatable bonds is 4. The number of carbonyl (C=O) groups excluding carboxylic acids is 2. The number of likely N-dealkylation sites (tertiary alicyclic amines) is 3. The molecular weight excluding hydrogens is 373 g/mol. The molecular formula is C22H30FN3O3. The van der Waals surface area contributed by atoms with Gasteiger partial charge in [0.1, 0.15) is 0 Å². The summed E-state index contributed by atoms with van der Waals surface area (Å²) < 4.78 is 19.1. The van der Waals surface area contributed by atoms with Crippen LogP contribution in [0.2, 0.25) is 0 Å². The summed E-state index contributed by atoms with van der Waals surface area (Å²) in [4.78, 5) is 32.7. The molecule has 7 heteroatoms. The van der Waals surface area contributed by atoms with Crippen molar-refractivity contribution >= 4 is 11.8 Å². The largest absolute Gasteiger partial charge is 0.494 e. The van der Waals surface area contributed by atoms with Crippen LogP contribution in [0, 0.1) is 17.2 Å². The Morgan fingerprint density at radius 1 is 1.14 bits per heavy atom. The van der Waals surface area contributed by atoms with Gasteiger partial charge in [-0.25, -0.2) is 4.39 Å². The Morgan fingerprint density at radius 3 is 2.48 bits per heavy atom. The molecule has 2 atom stereocenters. The van der Waals surface area contributed by atoms with Gasteiger partial charge in [-0.3, -0.25) is 14.5 Å². The van der Waals surface area contributed by atoms with Gasteiger partial charge in [-0.15, -0.1) is 0 Å². The lowest BCUT2D eigenvalue weighted by molar-refractivity contribution is -0.141. The lowest BCUT2D eigenvalue weighted by Crippen LogP contribution is -2.49. The van der Waals surface area contributed by atoms with Crippen LogP contribution in [-0.4, -0.2) is 78.9 Å². The molecule has 0 spiro atoms. The molecule has 0 aromatic heterocycles. The quantitative estimate of drug-likeness (QED) is 0.774. The molecule has 3 heterocycles. The highest BCUT2D eigenvalue weighted by Gasteiger charge is 2.59. The monoisotopic (exact) mass is 403 g/mol. The average molecular weight is 403 g/mol. The van der Waals surface area contributed by atoms with Crippen LogP contribution in [0.3, 0.4) is 0 Å². The molecule has 4 rings (SSSR count). The highest BCUT2D eigenvalue weighted by molar-refractivity contribution is 5.96. The number of carbonyl (C=O) groups is 2. The fourth-order valence-corrected chi connectivity index (χ4v) is 5.17. The molecule has 1 aromatic rings. The zero-order chi connectivity index (χ0) is 20.8. The molecule has 3 aliphatic rings. The van der Waals surface area contributed by atoms with E-state index in [4.69, 9.17) is 4.74 Å². The predicted octanol–water partition coefficient (Wildman–Crippen LogP) is 2.24. The Hall–Kier alpha value is -2.15. The SMILES string of the molecule is COc1ccc(C(=O)N2C[C@@H]3CN(C(C)C)C[C@]3(C(=O)N3CCCC3)C2)cc1F. The van der Waals surface area contributed by atoms with Crippen LogP contribution in [0.1, 0.15) is 37.0 Å². The Labute approximate surface area is 171 Å². The zero-order valence-corrected chi connectivity index (χ0v) is 17.5. The molecule has 3 saturated heterocycles. The van der Waals surface area contributed by atoms with Crippen molar-refractivity contribution in [1.29, 1.82) is 0 Å². The van der Waals surface area contributed by atoms with Crippen molar-refractivity contribution in [2.45, 2.75) is 32.7 Å². The van der Waals surface area contributed by atoms with E-state index in [2.05, 4.69) is 18.7 Å². The minimum atomic E-state index is -0.549. The van der Waals surface area contributed by atoms with Crippen molar-refractivity contribution in [3.8, 4) is 5.75 Å². The molecule has 6 nitrogen and oxygen atoms in total. The number of halogens is 1. The summed E-state index contributed by atoms with van der Waals surface area (Å²) in [6.07, 6.45) is 2.10. The molecule has 158 valence electrons. The number of ether oxygens (including phenoxy) is 1. The van der Waals surface area contributed by atoms with E-state index >= 15 is 0 Å². The van der Waals surface area contributed by atoms with Crippen LogP contribution in [0.15, 0.2) is 18.2 Å². The fourth-order valence-electron chi connectivity index (χ4n) is 5.17. The highest BCUT2D eigenvalue weighted by Crippen LogP contribution is 2.45. The topological polar surface area (TPSA) is 53.1 Å². The minimum absolute atomic E-state index is 0.116. The zero-order valence-electron chi connectivity index (χ0n) is 17.5. The number of hydrogen-bond acceptors (Lipinski definition) is 4. The van der Waals surface area contributed by atoms with Gasteiger partial charge in [0.05, 0.1) is 12.5 Å². The van der Waals surface area contributed by atoms with Gasteiger partial charge < -0.3 is 14.5 Å². The van der Waals surface area contributed by atoms with Crippen LogP contribution < -0.4 is 4.74 Å². The second-order valence-corrected chi connectivity index (χ2v) is 8.91. The van der Waals surface area contributed by atoms with E-state index in [0.29, 0.717) is 31.2 Å². The van der Waals surface area contributed by atoms with Crippen molar-refractivity contribution in [1.82, 2.24) is 14.7 Å². The van der Waals surface area contributed by atoms with Gasteiger partial charge in [0.25, 0.3) is 5.91 Å². The number of methoxy groups -OCH3 is 1.